The molecule has 2 rings (SSSR count). The van der Waals surface area contributed by atoms with Crippen LogP contribution in [0.3, 0.4) is 0 Å². The minimum absolute atomic E-state index is 0.832. The molecule has 61 valence electrons. The van der Waals surface area contributed by atoms with E-state index in [1.54, 1.807) is 0 Å². The minimum Gasteiger partial charge on any atom is -0.0905 e. The van der Waals surface area contributed by atoms with Gasteiger partial charge in [-0.1, -0.05) is 24.8 Å². The molecule has 0 heterocycles. The highest BCUT2D eigenvalue weighted by atomic mass is 14.3. The highest BCUT2D eigenvalue weighted by Gasteiger charge is 2.25. The third-order valence-electron chi connectivity index (χ3n) is 2.58. The van der Waals surface area contributed by atoms with Gasteiger partial charge in [0.1, 0.15) is 0 Å². The molecule has 1 saturated carbocycles. The van der Waals surface area contributed by atoms with E-state index in [1.807, 2.05) is 0 Å². The van der Waals surface area contributed by atoms with Crippen LogP contribution < -0.4 is 0 Å². The Morgan fingerprint density at radius 3 is 2.75 bits per heavy atom. The molecule has 12 heavy (non-hydrogen) atoms. The van der Waals surface area contributed by atoms with Crippen molar-refractivity contribution in [2.45, 2.75) is 25.7 Å². The van der Waals surface area contributed by atoms with Crippen molar-refractivity contribution in [1.82, 2.24) is 0 Å². The maximum Gasteiger partial charge on any atom is -0.0152 e. The minimum atomic E-state index is 0.832. The van der Waals surface area contributed by atoms with Crippen molar-refractivity contribution >= 4 is 0 Å². The zero-order chi connectivity index (χ0) is 8.55. The van der Waals surface area contributed by atoms with Crippen LogP contribution in [0.25, 0.3) is 0 Å². The summed E-state index contributed by atoms with van der Waals surface area (Å²) in [6.07, 6.45) is 5.69. The van der Waals surface area contributed by atoms with Gasteiger partial charge in [0.25, 0.3) is 0 Å². The molecule has 0 aromatic heterocycles. The summed E-state index contributed by atoms with van der Waals surface area (Å²) in [7, 11) is 0. The van der Waals surface area contributed by atoms with Crippen LogP contribution in [0.1, 0.15) is 35.4 Å². The Balaban J connectivity index is 2.47. The average molecular weight is 157 g/mol. The summed E-state index contributed by atoms with van der Waals surface area (Å²) < 4.78 is 0. The molecule has 1 aromatic rings. The van der Waals surface area contributed by atoms with Crippen molar-refractivity contribution in [3.05, 3.63) is 47.5 Å². The summed E-state index contributed by atoms with van der Waals surface area (Å²) in [5.41, 5.74) is 4.04. The Morgan fingerprint density at radius 2 is 2.17 bits per heavy atom. The smallest absolute Gasteiger partial charge is 0.0152 e. The number of hydrogen-bond acceptors (Lipinski definition) is 0. The standard InChI is InChI=1S/C12H13/c1-3-10-5-4-6-12(9(10)2)11-7-8-11/h4-6,11H,1,7-8H2,2H3. The van der Waals surface area contributed by atoms with E-state index in [1.165, 1.54) is 29.5 Å². The Bertz CT molecular complexity index is 306. The fourth-order valence-corrected chi connectivity index (χ4v) is 1.68. The molecule has 0 heteroatoms. The fourth-order valence-electron chi connectivity index (χ4n) is 1.68. The van der Waals surface area contributed by atoms with Crippen molar-refractivity contribution in [2.75, 3.05) is 0 Å². The van der Waals surface area contributed by atoms with E-state index in [9.17, 15) is 0 Å². The maximum atomic E-state index is 3.69. The Morgan fingerprint density at radius 1 is 1.42 bits per heavy atom. The molecule has 1 fully saturated rings. The van der Waals surface area contributed by atoms with Crippen LogP contribution in [0.15, 0.2) is 24.8 Å². The largest absolute Gasteiger partial charge is 0.0905 e. The molecular formula is C12H13. The topological polar surface area (TPSA) is 0 Å². The first-order valence-electron chi connectivity index (χ1n) is 4.45. The molecule has 1 aliphatic carbocycles. The van der Waals surface area contributed by atoms with Crippen LogP contribution in [-0.4, -0.2) is 0 Å². The van der Waals surface area contributed by atoms with Crippen molar-refractivity contribution in [1.29, 1.82) is 0 Å². The van der Waals surface area contributed by atoms with E-state index >= 15 is 0 Å². The molecule has 0 saturated heterocycles. The molecule has 1 aliphatic rings. The molecule has 1 aromatic carbocycles. The van der Waals surface area contributed by atoms with E-state index in [0.29, 0.717) is 0 Å². The summed E-state index contributed by atoms with van der Waals surface area (Å²) in [5, 5.41) is 0. The van der Waals surface area contributed by atoms with Crippen LogP contribution in [0, 0.1) is 13.0 Å². The van der Waals surface area contributed by atoms with Gasteiger partial charge in [-0.05, 0) is 48.4 Å². The van der Waals surface area contributed by atoms with Crippen LogP contribution in [-0.2, 0) is 0 Å². The molecule has 0 unspecified atom stereocenters. The van der Waals surface area contributed by atoms with Crippen molar-refractivity contribution in [2.24, 2.45) is 0 Å². The molecule has 0 nitrogen and oxygen atoms in total. The molecular weight excluding hydrogens is 144 g/mol. The van der Waals surface area contributed by atoms with Gasteiger partial charge in [-0.25, -0.2) is 0 Å². The van der Waals surface area contributed by atoms with E-state index in [4.69, 9.17) is 0 Å². The number of benzene rings is 1. The second-order valence-electron chi connectivity index (χ2n) is 3.47. The van der Waals surface area contributed by atoms with Gasteiger partial charge in [-0.3, -0.25) is 0 Å². The maximum absolute atomic E-state index is 3.69. The van der Waals surface area contributed by atoms with Crippen molar-refractivity contribution in [3.63, 3.8) is 0 Å². The summed E-state index contributed by atoms with van der Waals surface area (Å²) in [4.78, 5) is 0. The lowest BCUT2D eigenvalue weighted by Crippen LogP contribution is -1.89. The Kier molecular flexibility index (Phi) is 1.76. The van der Waals surface area contributed by atoms with Gasteiger partial charge >= 0.3 is 0 Å². The van der Waals surface area contributed by atoms with E-state index in [-0.39, 0.29) is 0 Å². The second-order valence-corrected chi connectivity index (χ2v) is 3.47. The lowest BCUT2D eigenvalue weighted by Gasteiger charge is -2.06. The third-order valence-corrected chi connectivity index (χ3v) is 2.58. The predicted octanol–water partition coefficient (Wildman–Crippen LogP) is 3.21. The predicted molar refractivity (Wildman–Crippen MR) is 51.1 cm³/mol. The van der Waals surface area contributed by atoms with Gasteiger partial charge in [-0.15, -0.1) is 0 Å². The molecule has 0 atom stereocenters. The fraction of sp³-hybridized carbons (Fsp3) is 0.333. The Hall–Kier alpha value is -1.04. The van der Waals surface area contributed by atoms with Gasteiger partial charge in [0, 0.05) is 0 Å². The van der Waals surface area contributed by atoms with Crippen LogP contribution in [0.4, 0.5) is 0 Å². The number of rotatable bonds is 2. The first-order valence-corrected chi connectivity index (χ1v) is 4.45. The third kappa shape index (κ3) is 1.18. The van der Waals surface area contributed by atoms with Gasteiger partial charge in [0.15, 0.2) is 0 Å². The molecule has 0 bridgehead atoms. The summed E-state index contributed by atoms with van der Waals surface area (Å²) in [5.74, 6) is 0.832. The quantitative estimate of drug-likeness (QED) is 0.618. The molecule has 0 N–H and O–H groups in total. The van der Waals surface area contributed by atoms with E-state index in [0.717, 1.165) is 5.92 Å². The van der Waals surface area contributed by atoms with Gasteiger partial charge in [-0.2, -0.15) is 0 Å². The van der Waals surface area contributed by atoms with E-state index < -0.39 is 0 Å². The normalized spacial score (nSPS) is 16.1. The summed E-state index contributed by atoms with van der Waals surface area (Å²) >= 11 is 0. The van der Waals surface area contributed by atoms with Gasteiger partial charge < -0.3 is 0 Å². The molecule has 0 aliphatic heterocycles. The Labute approximate surface area is 73.9 Å². The zero-order valence-corrected chi connectivity index (χ0v) is 7.43. The zero-order valence-electron chi connectivity index (χ0n) is 7.43. The highest BCUT2D eigenvalue weighted by Crippen LogP contribution is 2.41. The monoisotopic (exact) mass is 157 g/mol. The van der Waals surface area contributed by atoms with Crippen LogP contribution in [0.2, 0.25) is 0 Å². The lowest BCUT2D eigenvalue weighted by molar-refractivity contribution is 1.09. The molecule has 1 radical (unpaired) electrons. The molecule has 0 amide bonds. The number of hydrogen-bond donors (Lipinski definition) is 0. The second kappa shape index (κ2) is 2.78. The summed E-state index contributed by atoms with van der Waals surface area (Å²) in [6.45, 7) is 5.86. The first-order chi connectivity index (χ1) is 5.83. The SMILES string of the molecule is C=[C]c1cccc(C2CC2)c1C. The van der Waals surface area contributed by atoms with Gasteiger partial charge in [0.2, 0.25) is 0 Å². The van der Waals surface area contributed by atoms with E-state index in [2.05, 4.69) is 37.8 Å². The highest BCUT2D eigenvalue weighted by molar-refractivity contribution is 5.40. The van der Waals surface area contributed by atoms with Crippen LogP contribution >= 0.6 is 0 Å². The first kappa shape index (κ1) is 7.60. The van der Waals surface area contributed by atoms with Crippen molar-refractivity contribution < 1.29 is 0 Å². The van der Waals surface area contributed by atoms with Gasteiger partial charge in [0.05, 0.1) is 0 Å². The van der Waals surface area contributed by atoms with Crippen LogP contribution in [0.5, 0.6) is 0 Å². The van der Waals surface area contributed by atoms with Crippen molar-refractivity contribution in [3.8, 4) is 0 Å². The summed E-state index contributed by atoms with van der Waals surface area (Å²) in [6, 6.07) is 6.41. The molecule has 0 spiro atoms. The lowest BCUT2D eigenvalue weighted by atomic mass is 9.99. The average Bonchev–Trinajstić information content (AvgIpc) is 2.88.